The van der Waals surface area contributed by atoms with Gasteiger partial charge in [-0.05, 0) is 70.1 Å². The van der Waals surface area contributed by atoms with Gasteiger partial charge in [0.15, 0.2) is 0 Å². The van der Waals surface area contributed by atoms with E-state index in [1.807, 2.05) is 0 Å². The van der Waals surface area contributed by atoms with Gasteiger partial charge < -0.3 is 10.8 Å². The summed E-state index contributed by atoms with van der Waals surface area (Å²) in [4.78, 5) is 11.5. The summed E-state index contributed by atoms with van der Waals surface area (Å²) < 4.78 is 5.66. The summed E-state index contributed by atoms with van der Waals surface area (Å²) in [6.45, 7) is 7.58. The maximum atomic E-state index is 11.5. The quantitative estimate of drug-likeness (QED) is 0.448. The van der Waals surface area contributed by atoms with Gasteiger partial charge in [0.25, 0.3) is 0 Å². The minimum Gasteiger partial charge on any atom is -0.484 e. The second-order valence-electron chi connectivity index (χ2n) is 7.27. The normalized spacial score (nSPS) is 39.6. The van der Waals surface area contributed by atoms with Crippen LogP contribution in [0.15, 0.2) is 6.58 Å². The Morgan fingerprint density at radius 2 is 1.58 bits per heavy atom. The monoisotopic (exact) mass is 336 g/mol. The van der Waals surface area contributed by atoms with Gasteiger partial charge in [-0.1, -0.05) is 0 Å². The third kappa shape index (κ3) is 2.60. The first-order chi connectivity index (χ1) is 8.44. The summed E-state index contributed by atoms with van der Waals surface area (Å²) in [6, 6.07) is 0. The molecule has 4 fully saturated rings. The van der Waals surface area contributed by atoms with Crippen molar-refractivity contribution in [2.75, 3.05) is 0 Å². The van der Waals surface area contributed by atoms with Gasteiger partial charge in [-0.2, -0.15) is 0 Å². The van der Waals surface area contributed by atoms with Crippen molar-refractivity contribution < 1.29 is 42.2 Å². The zero-order valence-electron chi connectivity index (χ0n) is 12.1. The molecule has 0 N–H and O–H groups in total. The summed E-state index contributed by atoms with van der Waals surface area (Å²) in [5.74, 6) is 2.24. The molecule has 1 radical (unpaired) electrons. The Kier molecular flexibility index (Phi) is 4.34. The van der Waals surface area contributed by atoms with E-state index in [-0.39, 0.29) is 43.7 Å². The van der Waals surface area contributed by atoms with Crippen molar-refractivity contribution in [2.45, 2.75) is 58.0 Å². The van der Waals surface area contributed by atoms with Gasteiger partial charge >= 0.3 is 0 Å². The van der Waals surface area contributed by atoms with Crippen LogP contribution in [0.25, 0.3) is 0 Å². The molecule has 0 heterocycles. The fourth-order valence-electron chi connectivity index (χ4n) is 5.22. The Morgan fingerprint density at radius 3 is 1.95 bits per heavy atom. The minimum atomic E-state index is -0.393. The van der Waals surface area contributed by atoms with Gasteiger partial charge in [0.2, 0.25) is 0 Å². The van der Waals surface area contributed by atoms with E-state index in [2.05, 4.69) is 26.5 Å². The number of hydrogen-bond acceptors (Lipinski definition) is 2. The fraction of sp³-hybridized carbons (Fsp3) is 0.812. The van der Waals surface area contributed by atoms with Crippen LogP contribution in [0.3, 0.4) is 0 Å². The molecular weight excluding hydrogens is 313 g/mol. The Hall–Kier alpha value is 0.314. The number of ether oxygens (including phenoxy) is 1. The molecule has 4 bridgehead atoms. The predicted octanol–water partition coefficient (Wildman–Crippen LogP) is 3.51. The van der Waals surface area contributed by atoms with Crippen LogP contribution in [0.1, 0.15) is 52.4 Å². The number of hydrogen-bond donors (Lipinski definition) is 0. The second kappa shape index (κ2) is 5.26. The average Bonchev–Trinajstić information content (AvgIpc) is 2.26. The number of esters is 1. The summed E-state index contributed by atoms with van der Waals surface area (Å²) in [5, 5.41) is 0. The molecule has 0 aromatic rings. The van der Waals surface area contributed by atoms with Crippen molar-refractivity contribution in [3.05, 3.63) is 12.7 Å². The predicted molar refractivity (Wildman–Crippen MR) is 69.6 cm³/mol. The number of carbonyl (C=O) groups is 1. The first-order valence-corrected chi connectivity index (χ1v) is 7.20. The molecular formula is C16H23O2Y-. The van der Waals surface area contributed by atoms with Crippen molar-refractivity contribution in [1.82, 2.24) is 0 Å². The van der Waals surface area contributed by atoms with Crippen LogP contribution in [0, 0.1) is 29.2 Å². The van der Waals surface area contributed by atoms with Gasteiger partial charge in [0, 0.05) is 38.1 Å². The molecule has 0 aromatic heterocycles. The van der Waals surface area contributed by atoms with E-state index in [0.717, 1.165) is 17.8 Å². The topological polar surface area (TPSA) is 26.3 Å². The van der Waals surface area contributed by atoms with E-state index in [1.165, 1.54) is 38.5 Å². The molecule has 4 saturated carbocycles. The van der Waals surface area contributed by atoms with Crippen molar-refractivity contribution in [1.29, 1.82) is 0 Å². The second-order valence-corrected chi connectivity index (χ2v) is 7.27. The van der Waals surface area contributed by atoms with Crippen LogP contribution < -0.4 is 0 Å². The van der Waals surface area contributed by atoms with E-state index >= 15 is 0 Å². The smallest absolute Gasteiger partial charge is 0.147 e. The molecule has 0 atom stereocenters. The van der Waals surface area contributed by atoms with Crippen LogP contribution in [0.5, 0.6) is 0 Å². The van der Waals surface area contributed by atoms with E-state index in [4.69, 9.17) is 4.74 Å². The van der Waals surface area contributed by atoms with Crippen molar-refractivity contribution in [3.63, 3.8) is 0 Å². The third-order valence-corrected chi connectivity index (χ3v) is 5.81. The van der Waals surface area contributed by atoms with Gasteiger partial charge in [-0.25, -0.2) is 0 Å². The molecule has 4 rings (SSSR count). The van der Waals surface area contributed by atoms with Crippen molar-refractivity contribution in [3.8, 4) is 0 Å². The van der Waals surface area contributed by atoms with Gasteiger partial charge in [0.05, 0.1) is 0 Å². The molecule has 2 nitrogen and oxygen atoms in total. The molecule has 0 unspecified atom stereocenters. The summed E-state index contributed by atoms with van der Waals surface area (Å²) in [6.07, 6.45) is 10.3. The molecule has 103 valence electrons. The maximum Gasteiger partial charge on any atom is 0.147 e. The summed E-state index contributed by atoms with van der Waals surface area (Å²) in [7, 11) is 0. The maximum absolute atomic E-state index is 11.5. The number of carbonyl (C=O) groups excluding carboxylic acids is 1. The largest absolute Gasteiger partial charge is 0.484 e. The SMILES string of the molecule is C=[C-]C(=O)OC(C)(C)C12CC3CC(CC(C3)C1)C2.[Y]. The molecule has 4 aliphatic carbocycles. The van der Waals surface area contributed by atoms with E-state index < -0.39 is 5.97 Å². The summed E-state index contributed by atoms with van der Waals surface area (Å²) in [5.41, 5.74) is -0.154. The van der Waals surface area contributed by atoms with Crippen LogP contribution in [0.4, 0.5) is 0 Å². The third-order valence-electron chi connectivity index (χ3n) is 5.81. The van der Waals surface area contributed by atoms with Crippen LogP contribution >= 0.6 is 0 Å². The molecule has 0 saturated heterocycles. The molecule has 0 spiro atoms. The first kappa shape index (κ1) is 15.7. The Labute approximate surface area is 141 Å². The standard InChI is InChI=1S/C16H23O2.Y/c1-4-14(17)18-15(2,3)16-8-11-5-12(9-16)7-13(6-11)10-16;/h11-13H,1,5-10H2,2-3H3;/q-1;. The van der Waals surface area contributed by atoms with E-state index in [0.29, 0.717) is 0 Å². The van der Waals surface area contributed by atoms with Gasteiger partial charge in [0.1, 0.15) is 11.6 Å². The number of rotatable bonds is 3. The Bertz CT molecular complexity index is 351. The van der Waals surface area contributed by atoms with Crippen molar-refractivity contribution >= 4 is 5.97 Å². The van der Waals surface area contributed by atoms with E-state index in [1.54, 1.807) is 0 Å². The first-order valence-electron chi connectivity index (χ1n) is 7.20. The minimum absolute atomic E-state index is 0. The van der Waals surface area contributed by atoms with Crippen molar-refractivity contribution in [2.24, 2.45) is 23.2 Å². The zero-order valence-corrected chi connectivity index (χ0v) is 14.9. The van der Waals surface area contributed by atoms with E-state index in [9.17, 15) is 4.79 Å². The Balaban J connectivity index is 0.00000133. The fourth-order valence-corrected chi connectivity index (χ4v) is 5.22. The molecule has 0 aromatic carbocycles. The van der Waals surface area contributed by atoms with Gasteiger partial charge in [-0.15, -0.1) is 0 Å². The van der Waals surface area contributed by atoms with Crippen LogP contribution in [0.2, 0.25) is 0 Å². The molecule has 3 heteroatoms. The van der Waals surface area contributed by atoms with Crippen LogP contribution in [-0.4, -0.2) is 11.6 Å². The zero-order chi connectivity index (χ0) is 13.0. The molecule has 19 heavy (non-hydrogen) atoms. The van der Waals surface area contributed by atoms with Gasteiger partial charge in [-0.3, -0.25) is 11.4 Å². The van der Waals surface area contributed by atoms with Crippen LogP contribution in [-0.2, 0) is 42.2 Å². The Morgan fingerprint density at radius 1 is 1.16 bits per heavy atom. The molecule has 4 aliphatic rings. The molecule has 0 aliphatic heterocycles. The molecule has 0 amide bonds. The summed E-state index contributed by atoms with van der Waals surface area (Å²) >= 11 is 0. The average molecular weight is 336 g/mol.